The Morgan fingerprint density at radius 2 is 1.58 bits per heavy atom. The normalized spacial score (nSPS) is 17.3. The van der Waals surface area contributed by atoms with E-state index < -0.39 is 80.2 Å². The molecular weight excluding hydrogens is 675 g/mol. The third-order valence-corrected chi connectivity index (χ3v) is 7.66. The van der Waals surface area contributed by atoms with Crippen LogP contribution in [-0.4, -0.2) is 27.8 Å². The number of ether oxygens (including phenoxy) is 1. The van der Waals surface area contributed by atoms with Gasteiger partial charge in [-0.2, -0.15) is 13.2 Å². The minimum atomic E-state index is -4.86. The molecule has 1 saturated carbocycles. The lowest BCUT2D eigenvalue weighted by Crippen LogP contribution is -2.42. The zero-order valence-electron chi connectivity index (χ0n) is 23.3. The van der Waals surface area contributed by atoms with Crippen LogP contribution in [0.5, 0.6) is 5.75 Å². The summed E-state index contributed by atoms with van der Waals surface area (Å²) < 4.78 is 85.7. The zero-order valence-corrected chi connectivity index (χ0v) is 25.6. The predicted molar refractivity (Wildman–Crippen MR) is 155 cm³/mol. The first-order chi connectivity index (χ1) is 20.7. The highest BCUT2D eigenvalue weighted by Gasteiger charge is 2.67. The molecule has 2 unspecified atom stereocenters. The van der Waals surface area contributed by atoms with Gasteiger partial charge in [-0.25, -0.2) is 18.0 Å². The van der Waals surface area contributed by atoms with E-state index in [1.807, 2.05) is 0 Å². The van der Waals surface area contributed by atoms with Gasteiger partial charge in [-0.05, 0) is 74.9 Å². The summed E-state index contributed by atoms with van der Waals surface area (Å²) in [6.07, 6.45) is -6.01. The quantitative estimate of drug-likeness (QED) is 0.178. The third kappa shape index (κ3) is 7.77. The number of hydrogen-bond acceptors (Lipinski definition) is 4. The number of benzene rings is 3. The number of carbonyl (C=O) groups excluding carboxylic acids is 3. The largest absolute Gasteiger partial charge is 0.416 e. The SMILES string of the molecule is CC(C)(C)NC(=O)Oc1c(F)ccc(NC(=O)c2cc(NC(=O)C3C(c4cc(F)cc(C(F)(F)F)c4)C3(Cl)Cl)ccc2Cl)c1F. The molecule has 0 bridgehead atoms. The molecular formula is C29H22Cl3F6N3O4. The number of hydrogen-bond donors (Lipinski definition) is 3. The topological polar surface area (TPSA) is 96.5 Å². The van der Waals surface area contributed by atoms with Crippen molar-refractivity contribution in [2.75, 3.05) is 10.6 Å². The highest BCUT2D eigenvalue weighted by molar-refractivity contribution is 6.53. The smallest absolute Gasteiger partial charge is 0.404 e. The van der Waals surface area contributed by atoms with Crippen LogP contribution in [0.15, 0.2) is 48.5 Å². The molecule has 3 aromatic carbocycles. The average molecular weight is 697 g/mol. The second-order valence-corrected chi connectivity index (χ2v) is 12.9. The molecule has 0 radical (unpaired) electrons. The van der Waals surface area contributed by atoms with E-state index in [0.717, 1.165) is 24.3 Å². The molecule has 1 aliphatic rings. The van der Waals surface area contributed by atoms with Gasteiger partial charge in [0, 0.05) is 17.1 Å². The molecule has 3 amide bonds. The summed E-state index contributed by atoms with van der Waals surface area (Å²) in [6.45, 7) is 4.83. The summed E-state index contributed by atoms with van der Waals surface area (Å²) in [4.78, 5) is 38.1. The summed E-state index contributed by atoms with van der Waals surface area (Å²) in [7, 11) is 0. The Kier molecular flexibility index (Phi) is 9.31. The number of anilines is 2. The number of halogens is 9. The third-order valence-electron chi connectivity index (χ3n) is 6.39. The lowest BCUT2D eigenvalue weighted by atomic mass is 10.0. The summed E-state index contributed by atoms with van der Waals surface area (Å²) in [6, 6.07) is 6.94. The van der Waals surface area contributed by atoms with Gasteiger partial charge in [0.25, 0.3) is 5.91 Å². The van der Waals surface area contributed by atoms with Gasteiger partial charge in [0.1, 0.15) is 10.2 Å². The summed E-state index contributed by atoms with van der Waals surface area (Å²) >= 11 is 18.5. The minimum Gasteiger partial charge on any atom is -0.404 e. The van der Waals surface area contributed by atoms with Gasteiger partial charge in [0.15, 0.2) is 11.6 Å². The molecule has 4 rings (SSSR count). The molecule has 1 aliphatic carbocycles. The second kappa shape index (κ2) is 12.3. The Bertz CT molecular complexity index is 1690. The molecule has 240 valence electrons. The van der Waals surface area contributed by atoms with Crippen molar-refractivity contribution in [3.05, 3.63) is 87.7 Å². The molecule has 45 heavy (non-hydrogen) atoms. The van der Waals surface area contributed by atoms with Crippen molar-refractivity contribution in [3.63, 3.8) is 0 Å². The first-order valence-electron chi connectivity index (χ1n) is 12.8. The Morgan fingerprint density at radius 3 is 2.20 bits per heavy atom. The van der Waals surface area contributed by atoms with Gasteiger partial charge in [-0.15, -0.1) is 23.2 Å². The van der Waals surface area contributed by atoms with Crippen molar-refractivity contribution in [2.24, 2.45) is 5.92 Å². The molecule has 0 saturated heterocycles. The first-order valence-corrected chi connectivity index (χ1v) is 14.0. The van der Waals surface area contributed by atoms with Crippen LogP contribution >= 0.6 is 34.8 Å². The molecule has 7 nitrogen and oxygen atoms in total. The molecule has 3 N–H and O–H groups in total. The lowest BCUT2D eigenvalue weighted by molar-refractivity contribution is -0.137. The van der Waals surface area contributed by atoms with Gasteiger partial charge in [0.2, 0.25) is 11.7 Å². The fourth-order valence-corrected chi connectivity index (χ4v) is 5.39. The molecule has 16 heteroatoms. The lowest BCUT2D eigenvalue weighted by Gasteiger charge is -2.20. The molecule has 2 atom stereocenters. The van der Waals surface area contributed by atoms with Crippen molar-refractivity contribution in [1.82, 2.24) is 5.32 Å². The standard InChI is InChI=1S/C29H22Cl3F6N3O4/c1-27(2,3)41-26(44)45-23-18(34)6-7-19(22(23)35)40-24(42)16-11-15(4-5-17(16)30)39-25(43)21-20(28(21,31)32)12-8-13(29(36,37)38)10-14(33)9-12/h4-11,20-21H,1-3H3,(H,39,43)(H,40,42)(H,41,44). The maximum absolute atomic E-state index is 15.1. The Balaban J connectivity index is 1.52. The van der Waals surface area contributed by atoms with Crippen LogP contribution in [0.2, 0.25) is 5.02 Å². The Hall–Kier alpha value is -3.68. The minimum absolute atomic E-state index is 0.0398. The van der Waals surface area contributed by atoms with Crippen LogP contribution < -0.4 is 20.7 Å². The molecule has 0 heterocycles. The molecule has 0 spiro atoms. The van der Waals surface area contributed by atoms with Crippen LogP contribution in [0.25, 0.3) is 0 Å². The number of rotatable bonds is 6. The fourth-order valence-electron chi connectivity index (χ4n) is 4.36. The Morgan fingerprint density at radius 1 is 0.911 bits per heavy atom. The number of amides is 3. The highest BCUT2D eigenvalue weighted by atomic mass is 35.5. The number of nitrogens with one attached hydrogen (secondary N) is 3. The number of carbonyl (C=O) groups is 3. The van der Waals surface area contributed by atoms with E-state index in [4.69, 9.17) is 39.5 Å². The van der Waals surface area contributed by atoms with E-state index in [1.54, 1.807) is 20.8 Å². The van der Waals surface area contributed by atoms with Crippen LogP contribution in [0.4, 0.5) is 42.5 Å². The van der Waals surface area contributed by atoms with Crippen LogP contribution in [0.3, 0.4) is 0 Å². The average Bonchev–Trinajstić information content (AvgIpc) is 3.49. The van der Waals surface area contributed by atoms with E-state index in [1.165, 1.54) is 12.1 Å². The van der Waals surface area contributed by atoms with E-state index in [-0.39, 0.29) is 21.8 Å². The maximum Gasteiger partial charge on any atom is 0.416 e. The van der Waals surface area contributed by atoms with Crippen molar-refractivity contribution in [1.29, 1.82) is 0 Å². The van der Waals surface area contributed by atoms with E-state index in [0.29, 0.717) is 12.1 Å². The van der Waals surface area contributed by atoms with Crippen molar-refractivity contribution < 1.29 is 45.5 Å². The van der Waals surface area contributed by atoms with E-state index in [2.05, 4.69) is 16.0 Å². The number of alkyl halides is 5. The monoisotopic (exact) mass is 695 g/mol. The summed E-state index contributed by atoms with van der Waals surface area (Å²) in [5.41, 5.74) is -3.22. The van der Waals surface area contributed by atoms with Gasteiger partial charge in [0.05, 0.1) is 27.8 Å². The van der Waals surface area contributed by atoms with Crippen molar-refractivity contribution in [3.8, 4) is 5.75 Å². The fraction of sp³-hybridized carbons (Fsp3) is 0.276. The van der Waals surface area contributed by atoms with Gasteiger partial charge >= 0.3 is 12.3 Å². The van der Waals surface area contributed by atoms with Gasteiger partial charge in [-0.1, -0.05) is 11.6 Å². The van der Waals surface area contributed by atoms with Gasteiger partial charge in [-0.3, -0.25) is 9.59 Å². The zero-order chi connectivity index (χ0) is 33.6. The summed E-state index contributed by atoms with van der Waals surface area (Å²) in [5.74, 6) is -9.29. The predicted octanol–water partition coefficient (Wildman–Crippen LogP) is 8.44. The van der Waals surface area contributed by atoms with Crippen LogP contribution in [0.1, 0.15) is 48.2 Å². The van der Waals surface area contributed by atoms with Crippen molar-refractivity contribution >= 4 is 64.1 Å². The molecule has 3 aromatic rings. The van der Waals surface area contributed by atoms with Crippen LogP contribution in [-0.2, 0) is 11.0 Å². The van der Waals surface area contributed by atoms with Crippen LogP contribution in [0, 0.1) is 23.4 Å². The molecule has 0 aliphatic heterocycles. The second-order valence-electron chi connectivity index (χ2n) is 11.0. The molecule has 0 aromatic heterocycles. The highest BCUT2D eigenvalue weighted by Crippen LogP contribution is 2.65. The molecule has 1 fully saturated rings. The van der Waals surface area contributed by atoms with E-state index >= 15 is 4.39 Å². The Labute approximate surface area is 267 Å². The first kappa shape index (κ1) is 34.2. The van der Waals surface area contributed by atoms with Gasteiger partial charge < -0.3 is 20.7 Å². The maximum atomic E-state index is 15.1. The van der Waals surface area contributed by atoms with E-state index in [9.17, 15) is 36.3 Å². The summed E-state index contributed by atoms with van der Waals surface area (Å²) in [5, 5.41) is 6.81. The van der Waals surface area contributed by atoms with Crippen molar-refractivity contribution in [2.45, 2.75) is 42.7 Å².